The van der Waals surface area contributed by atoms with E-state index in [0.717, 1.165) is 90.5 Å². The van der Waals surface area contributed by atoms with Gasteiger partial charge in [0.15, 0.2) is 0 Å². The van der Waals surface area contributed by atoms with Crippen LogP contribution < -0.4 is 19.6 Å². The number of phenols is 2. The van der Waals surface area contributed by atoms with Gasteiger partial charge in [-0.3, -0.25) is 9.98 Å². The van der Waals surface area contributed by atoms with Gasteiger partial charge in [-0.1, -0.05) is 172 Å². The Hall–Kier alpha value is -10.9. The van der Waals surface area contributed by atoms with Crippen LogP contribution in [0.15, 0.2) is 325 Å². The van der Waals surface area contributed by atoms with Crippen molar-refractivity contribution in [2.75, 3.05) is 32.7 Å². The predicted octanol–water partition coefficient (Wildman–Crippen LogP) is 20.6. The third-order valence-corrected chi connectivity index (χ3v) is 15.2. The van der Waals surface area contributed by atoms with Crippen LogP contribution in [-0.4, -0.2) is 35.7 Å². The molecule has 0 bridgehead atoms. The summed E-state index contributed by atoms with van der Waals surface area (Å²) in [5, 5.41) is 23.5. The molecule has 12 aromatic rings. The van der Waals surface area contributed by atoms with Gasteiger partial charge < -0.3 is 29.8 Å². The van der Waals surface area contributed by atoms with Gasteiger partial charge in [0.05, 0.1) is 0 Å². The van der Waals surface area contributed by atoms with Crippen LogP contribution in [0.1, 0.15) is 25.0 Å². The molecule has 12 aromatic carbocycles. The van der Waals surface area contributed by atoms with Gasteiger partial charge in [0.2, 0.25) is 0 Å². The van der Waals surface area contributed by atoms with Crippen molar-refractivity contribution < 1.29 is 35.5 Å². The molecule has 0 aliphatic rings. The average molecular weight is 1350 g/mol. The molecule has 0 radical (unpaired) electrons. The molecular formula is C79H66N6O4W. The van der Waals surface area contributed by atoms with E-state index in [1.165, 1.54) is 0 Å². The number of aromatic hydroxyl groups is 2. The van der Waals surface area contributed by atoms with Crippen LogP contribution in [0.5, 0.6) is 11.5 Å². The number of para-hydroxylation sites is 8. The van der Waals surface area contributed by atoms with E-state index < -0.39 is 18.5 Å². The molecule has 2 N–H and O–H groups in total. The van der Waals surface area contributed by atoms with Crippen molar-refractivity contribution >= 4 is 80.7 Å². The molecule has 0 saturated carbocycles. The van der Waals surface area contributed by atoms with Crippen LogP contribution in [0.2, 0.25) is 0 Å². The molecule has 0 aliphatic heterocycles. The van der Waals surface area contributed by atoms with Gasteiger partial charge in [0, 0.05) is 110 Å². The third kappa shape index (κ3) is 14.9. The molecule has 10 nitrogen and oxygen atoms in total. The average Bonchev–Trinajstić information content (AvgIpc) is 0.982. The second-order valence-corrected chi connectivity index (χ2v) is 22.7. The Morgan fingerprint density at radius 2 is 0.511 bits per heavy atom. The Morgan fingerprint density at radius 3 is 0.711 bits per heavy atom. The number of nitrogens with zero attached hydrogens (tertiary/aromatic N) is 6. The fourth-order valence-electron chi connectivity index (χ4n) is 10.9. The van der Waals surface area contributed by atoms with Crippen molar-refractivity contribution in [2.45, 2.75) is 13.8 Å². The fourth-order valence-corrected chi connectivity index (χ4v) is 10.9. The van der Waals surface area contributed by atoms with Crippen LogP contribution in [0.4, 0.5) is 68.2 Å². The second-order valence-electron chi connectivity index (χ2n) is 22.2. The predicted molar refractivity (Wildman–Crippen MR) is 366 cm³/mol. The van der Waals surface area contributed by atoms with E-state index >= 15 is 0 Å². The SMILES string of the molecule is CC(C)(CN=Cc1ccc(-c2cc(N(c3ccccc3)c3ccccc3)cc(N(c3ccccc3)c3ccccc3)c2)cc1O)CN=Cc1ccc(-c2cc(N(c3ccccc3)c3ccccc3)cc(N(c3ccccc3)c3ccccc3)c2)cc1O.[O]=[W]=[O]. The number of phenolic OH excluding ortho intramolecular Hbond substituents is 2. The summed E-state index contributed by atoms with van der Waals surface area (Å²) in [5.74, 6) is 0.252. The number of benzene rings is 12. The Morgan fingerprint density at radius 1 is 0.300 bits per heavy atom. The van der Waals surface area contributed by atoms with Gasteiger partial charge in [-0.05, 0) is 180 Å². The first-order valence-electron chi connectivity index (χ1n) is 29.6. The molecule has 442 valence electrons. The van der Waals surface area contributed by atoms with E-state index in [9.17, 15) is 10.2 Å². The fraction of sp³-hybridized carbons (Fsp3) is 0.0633. The van der Waals surface area contributed by atoms with Crippen molar-refractivity contribution in [2.24, 2.45) is 15.4 Å². The summed E-state index contributed by atoms with van der Waals surface area (Å²) in [5.41, 5.74) is 16.5. The van der Waals surface area contributed by atoms with Crippen molar-refractivity contribution in [1.82, 2.24) is 0 Å². The van der Waals surface area contributed by atoms with E-state index in [1.807, 2.05) is 84.9 Å². The molecule has 0 saturated heterocycles. The number of anilines is 12. The second kappa shape index (κ2) is 29.2. The maximum atomic E-state index is 11.7. The van der Waals surface area contributed by atoms with Crippen LogP contribution in [0, 0.1) is 5.41 Å². The van der Waals surface area contributed by atoms with Crippen molar-refractivity contribution in [3.63, 3.8) is 0 Å². The van der Waals surface area contributed by atoms with Crippen LogP contribution in [-0.2, 0) is 25.3 Å². The molecule has 0 heterocycles. The first-order chi connectivity index (χ1) is 44.1. The van der Waals surface area contributed by atoms with Gasteiger partial charge in [0.1, 0.15) is 11.5 Å². The molecule has 0 fully saturated rings. The standard InChI is InChI=1S/C79H66N6O2.2O.W/c1-79(2,57-80-55-61-45-43-59(51-77(61)86)63-47-73(82(65-27-11-3-12-28-65)66-29-13-4-14-30-66)53-74(48-63)83(67-31-15-5-16-32-67)68-33-17-6-18-34-68)58-81-56-62-46-44-60(52-78(62)87)64-49-75(84(69-35-19-7-20-36-69)70-37-21-8-22-38-70)54-76(50-64)85(71-39-23-9-24-40-71)72-41-25-10-26-42-72;;;/h3-56,86-87H,57-58H2,1-2H3;;;. The molecular weight excluding hydrogens is 1280 g/mol. The zero-order chi connectivity index (χ0) is 62.1. The van der Waals surface area contributed by atoms with Gasteiger partial charge in [-0.2, -0.15) is 0 Å². The van der Waals surface area contributed by atoms with Crippen molar-refractivity contribution in [3.8, 4) is 33.8 Å². The van der Waals surface area contributed by atoms with E-state index in [1.54, 1.807) is 12.4 Å². The first kappa shape index (κ1) is 60.7. The Balaban J connectivity index is 0.00000272. The number of rotatable bonds is 20. The molecule has 0 unspecified atom stereocenters. The first-order valence-corrected chi connectivity index (χ1v) is 32.0. The molecule has 0 aromatic heterocycles. The summed E-state index contributed by atoms with van der Waals surface area (Å²) in [7, 11) is 0. The summed E-state index contributed by atoms with van der Waals surface area (Å²) >= 11 is -2.25. The Bertz CT molecular complexity index is 3750. The monoisotopic (exact) mass is 1350 g/mol. The number of hydrogen-bond acceptors (Lipinski definition) is 10. The molecule has 12 rings (SSSR count). The van der Waals surface area contributed by atoms with Gasteiger partial charge >= 0.3 is 25.3 Å². The van der Waals surface area contributed by atoms with Gasteiger partial charge in [-0.25, -0.2) is 0 Å². The van der Waals surface area contributed by atoms with E-state index in [4.69, 9.17) is 16.8 Å². The molecule has 11 heteroatoms. The zero-order valence-electron chi connectivity index (χ0n) is 49.9. The van der Waals surface area contributed by atoms with Gasteiger partial charge in [-0.15, -0.1) is 0 Å². The number of hydrogen-bond donors (Lipinski definition) is 2. The number of aliphatic imine (C=N–C) groups is 2. The Labute approximate surface area is 535 Å². The van der Waals surface area contributed by atoms with Crippen LogP contribution in [0.25, 0.3) is 22.3 Å². The van der Waals surface area contributed by atoms with Gasteiger partial charge in [0.25, 0.3) is 0 Å². The molecule has 0 amide bonds. The summed E-state index contributed by atoms with van der Waals surface area (Å²) in [4.78, 5) is 18.8. The molecule has 0 spiro atoms. The topological polar surface area (TPSA) is 112 Å². The summed E-state index contributed by atoms with van der Waals surface area (Å²) < 4.78 is 17.1. The van der Waals surface area contributed by atoms with E-state index in [0.29, 0.717) is 24.2 Å². The quantitative estimate of drug-likeness (QED) is 0.0726. The van der Waals surface area contributed by atoms with Crippen molar-refractivity contribution in [3.05, 3.63) is 327 Å². The zero-order valence-corrected chi connectivity index (χ0v) is 52.8. The molecule has 90 heavy (non-hydrogen) atoms. The van der Waals surface area contributed by atoms with Crippen molar-refractivity contribution in [1.29, 1.82) is 0 Å². The van der Waals surface area contributed by atoms with E-state index in [-0.39, 0.29) is 16.9 Å². The minimum atomic E-state index is -2.25. The Kier molecular flexibility index (Phi) is 19.7. The van der Waals surface area contributed by atoms with Crippen LogP contribution >= 0.6 is 0 Å². The summed E-state index contributed by atoms with van der Waals surface area (Å²) in [6, 6.07) is 108. The minimum absolute atomic E-state index is 0.126. The normalized spacial score (nSPS) is 11.2. The maximum absolute atomic E-state index is 11.7. The summed E-state index contributed by atoms with van der Waals surface area (Å²) in [6.07, 6.45) is 3.49. The van der Waals surface area contributed by atoms with Crippen LogP contribution in [0.3, 0.4) is 0 Å². The molecule has 0 atom stereocenters. The summed E-state index contributed by atoms with van der Waals surface area (Å²) in [6.45, 7) is 5.15. The molecule has 0 aliphatic carbocycles. The van der Waals surface area contributed by atoms with E-state index in [2.05, 4.69) is 264 Å². The third-order valence-electron chi connectivity index (χ3n) is 15.2.